The summed E-state index contributed by atoms with van der Waals surface area (Å²) >= 11 is 1.94. The van der Waals surface area contributed by atoms with Gasteiger partial charge in [0.15, 0.2) is 5.96 Å². The van der Waals surface area contributed by atoms with Gasteiger partial charge in [-0.2, -0.15) is 16.9 Å². The van der Waals surface area contributed by atoms with E-state index in [0.29, 0.717) is 12.5 Å². The predicted molar refractivity (Wildman–Crippen MR) is 108 cm³/mol. The van der Waals surface area contributed by atoms with Gasteiger partial charge in [-0.25, -0.2) is 14.1 Å². The first-order valence-electron chi connectivity index (χ1n) is 7.57. The highest BCUT2D eigenvalue weighted by Gasteiger charge is 2.12. The van der Waals surface area contributed by atoms with Gasteiger partial charge in [0.2, 0.25) is 0 Å². The lowest BCUT2D eigenvalue weighted by Gasteiger charge is -2.27. The summed E-state index contributed by atoms with van der Waals surface area (Å²) in [4.78, 5) is 6.62. The van der Waals surface area contributed by atoms with Crippen LogP contribution in [0.2, 0.25) is 0 Å². The number of hydrogen-bond donors (Lipinski definition) is 1. The second-order valence-electron chi connectivity index (χ2n) is 5.43. The lowest BCUT2D eigenvalue weighted by molar-refractivity contribution is 0.455. The molecule has 0 unspecified atom stereocenters. The predicted octanol–water partition coefficient (Wildman–Crippen LogP) is 2.80. The second kappa shape index (κ2) is 8.70. The number of hydrogen-bond acceptors (Lipinski definition) is 3. The molecule has 0 aliphatic carbocycles. The number of nitrogens with two attached hydrogens (primary N) is 1. The quantitative estimate of drug-likeness (QED) is 0.434. The third-order valence-corrected chi connectivity index (χ3v) is 4.78. The molecule has 24 heavy (non-hydrogen) atoms. The Morgan fingerprint density at radius 3 is 2.62 bits per heavy atom. The number of benzene rings is 1. The molecule has 1 saturated heterocycles. The largest absolute Gasteiger partial charge is 0.370 e. The Hall–Kier alpha value is -1.29. The van der Waals surface area contributed by atoms with Gasteiger partial charge in [-0.15, -0.1) is 24.0 Å². The van der Waals surface area contributed by atoms with Gasteiger partial charge in [0.05, 0.1) is 17.9 Å². The molecule has 1 aromatic heterocycles. The third-order valence-electron chi connectivity index (χ3n) is 3.84. The minimum absolute atomic E-state index is 0. The molecule has 1 aromatic carbocycles. The van der Waals surface area contributed by atoms with E-state index in [4.69, 9.17) is 5.73 Å². The van der Waals surface area contributed by atoms with Crippen LogP contribution < -0.4 is 5.73 Å². The molecule has 1 aliphatic heterocycles. The Labute approximate surface area is 162 Å². The van der Waals surface area contributed by atoms with Crippen LogP contribution >= 0.6 is 35.7 Å². The van der Waals surface area contributed by atoms with E-state index >= 15 is 0 Å². The van der Waals surface area contributed by atoms with Gasteiger partial charge < -0.3 is 10.6 Å². The summed E-state index contributed by atoms with van der Waals surface area (Å²) in [6.45, 7) is 4.35. The van der Waals surface area contributed by atoms with Crippen molar-refractivity contribution in [1.29, 1.82) is 0 Å². The maximum atomic E-state index is 13.0. The Balaban J connectivity index is 0.00000208. The summed E-state index contributed by atoms with van der Waals surface area (Å²) in [5, 5.41) is 4.47. The number of aryl methyl sites for hydroxylation is 1. The van der Waals surface area contributed by atoms with Gasteiger partial charge in [0, 0.05) is 36.4 Å². The molecule has 0 amide bonds. The van der Waals surface area contributed by atoms with Crippen molar-refractivity contribution in [2.75, 3.05) is 24.6 Å². The van der Waals surface area contributed by atoms with Gasteiger partial charge in [0.25, 0.3) is 0 Å². The van der Waals surface area contributed by atoms with Gasteiger partial charge >= 0.3 is 0 Å². The van der Waals surface area contributed by atoms with E-state index in [2.05, 4.69) is 15.0 Å². The van der Waals surface area contributed by atoms with Crippen LogP contribution in [0.5, 0.6) is 0 Å². The first-order valence-corrected chi connectivity index (χ1v) is 8.72. The molecular formula is C16H21FIN5S. The molecule has 0 atom stereocenters. The van der Waals surface area contributed by atoms with E-state index in [-0.39, 0.29) is 29.8 Å². The van der Waals surface area contributed by atoms with Crippen molar-refractivity contribution < 1.29 is 4.39 Å². The topological polar surface area (TPSA) is 59.4 Å². The highest BCUT2D eigenvalue weighted by molar-refractivity contribution is 14.0. The highest BCUT2D eigenvalue weighted by atomic mass is 127. The summed E-state index contributed by atoms with van der Waals surface area (Å²) in [7, 11) is 0. The molecule has 0 bridgehead atoms. The molecule has 0 radical (unpaired) electrons. The van der Waals surface area contributed by atoms with Crippen molar-refractivity contribution in [3.05, 3.63) is 47.5 Å². The molecule has 0 spiro atoms. The standard InChI is InChI=1S/C16H20FN5S.HI/c1-12-13(10-19-16(18)21-6-8-23-9-7-21)11-22(20-12)15-4-2-14(17)3-5-15;/h2-5,11H,6-10H2,1H3,(H2,18,19);1H. The highest BCUT2D eigenvalue weighted by Crippen LogP contribution is 2.14. The maximum Gasteiger partial charge on any atom is 0.191 e. The number of aliphatic imine (C=N–C) groups is 1. The van der Waals surface area contributed by atoms with Crippen LogP contribution in [0, 0.1) is 12.7 Å². The SMILES string of the molecule is Cc1nn(-c2ccc(F)cc2)cc1CN=C(N)N1CCSCC1.I. The molecule has 3 rings (SSSR count). The molecule has 0 saturated carbocycles. The van der Waals surface area contributed by atoms with Crippen molar-refractivity contribution >= 4 is 41.7 Å². The molecule has 130 valence electrons. The molecular weight excluding hydrogens is 440 g/mol. The van der Waals surface area contributed by atoms with Crippen LogP contribution in [-0.2, 0) is 6.54 Å². The number of aromatic nitrogens is 2. The Bertz CT molecular complexity index is 695. The monoisotopic (exact) mass is 461 g/mol. The lowest BCUT2D eigenvalue weighted by Crippen LogP contribution is -2.42. The van der Waals surface area contributed by atoms with Crippen LogP contribution in [0.1, 0.15) is 11.3 Å². The average molecular weight is 461 g/mol. The molecule has 2 heterocycles. The zero-order valence-electron chi connectivity index (χ0n) is 13.5. The van der Waals surface area contributed by atoms with Crippen LogP contribution in [0.25, 0.3) is 5.69 Å². The molecule has 5 nitrogen and oxygen atoms in total. The number of rotatable bonds is 3. The summed E-state index contributed by atoms with van der Waals surface area (Å²) in [6.07, 6.45) is 1.92. The fourth-order valence-electron chi connectivity index (χ4n) is 2.44. The number of nitrogens with zero attached hydrogens (tertiary/aromatic N) is 4. The normalized spacial score (nSPS) is 15.2. The van der Waals surface area contributed by atoms with Gasteiger partial charge in [-0.05, 0) is 31.2 Å². The van der Waals surface area contributed by atoms with Gasteiger partial charge in [-0.3, -0.25) is 0 Å². The molecule has 1 aliphatic rings. The van der Waals surface area contributed by atoms with Crippen LogP contribution in [0.15, 0.2) is 35.5 Å². The Morgan fingerprint density at radius 1 is 1.29 bits per heavy atom. The fourth-order valence-corrected chi connectivity index (χ4v) is 3.34. The van der Waals surface area contributed by atoms with E-state index in [1.807, 2.05) is 24.9 Å². The van der Waals surface area contributed by atoms with E-state index in [9.17, 15) is 4.39 Å². The lowest BCUT2D eigenvalue weighted by atomic mass is 10.2. The van der Waals surface area contributed by atoms with Crippen molar-refractivity contribution in [2.24, 2.45) is 10.7 Å². The second-order valence-corrected chi connectivity index (χ2v) is 6.66. The zero-order valence-corrected chi connectivity index (χ0v) is 16.6. The number of guanidine groups is 1. The molecule has 1 fully saturated rings. The Morgan fingerprint density at radius 2 is 1.96 bits per heavy atom. The van der Waals surface area contributed by atoms with Crippen LogP contribution in [0.4, 0.5) is 4.39 Å². The van der Waals surface area contributed by atoms with Gasteiger partial charge in [-0.1, -0.05) is 0 Å². The van der Waals surface area contributed by atoms with Crippen LogP contribution in [0.3, 0.4) is 0 Å². The van der Waals surface area contributed by atoms with E-state index in [1.165, 1.54) is 12.1 Å². The van der Waals surface area contributed by atoms with Crippen molar-refractivity contribution in [1.82, 2.24) is 14.7 Å². The summed E-state index contributed by atoms with van der Waals surface area (Å²) in [5.74, 6) is 2.53. The molecule has 2 N–H and O–H groups in total. The first-order chi connectivity index (χ1) is 11.1. The first kappa shape index (κ1) is 19.0. The smallest absolute Gasteiger partial charge is 0.191 e. The summed E-state index contributed by atoms with van der Waals surface area (Å²) < 4.78 is 14.7. The van der Waals surface area contributed by atoms with E-state index in [1.54, 1.807) is 16.8 Å². The van der Waals surface area contributed by atoms with Crippen molar-refractivity contribution in [2.45, 2.75) is 13.5 Å². The Kier molecular flexibility index (Phi) is 6.90. The molecule has 2 aromatic rings. The fraction of sp³-hybridized carbons (Fsp3) is 0.375. The maximum absolute atomic E-state index is 13.0. The number of thioether (sulfide) groups is 1. The minimum atomic E-state index is -0.255. The third kappa shape index (κ3) is 4.62. The van der Waals surface area contributed by atoms with Crippen molar-refractivity contribution in [3.8, 4) is 5.69 Å². The van der Waals surface area contributed by atoms with E-state index in [0.717, 1.165) is 41.5 Å². The number of halogens is 2. The van der Waals surface area contributed by atoms with E-state index < -0.39 is 0 Å². The molecule has 8 heteroatoms. The van der Waals surface area contributed by atoms with Crippen molar-refractivity contribution in [3.63, 3.8) is 0 Å². The summed E-state index contributed by atoms with van der Waals surface area (Å²) in [5.41, 5.74) is 8.82. The van der Waals surface area contributed by atoms with Gasteiger partial charge in [0.1, 0.15) is 5.82 Å². The summed E-state index contributed by atoms with van der Waals surface area (Å²) in [6, 6.07) is 6.26. The zero-order chi connectivity index (χ0) is 16.2. The average Bonchev–Trinajstić information content (AvgIpc) is 2.95. The van der Waals surface area contributed by atoms with Crippen LogP contribution in [-0.4, -0.2) is 45.2 Å². The minimum Gasteiger partial charge on any atom is -0.370 e.